The van der Waals surface area contributed by atoms with Crippen LogP contribution in [0.1, 0.15) is 79.1 Å². The van der Waals surface area contributed by atoms with Crippen molar-refractivity contribution in [3.05, 3.63) is 23.8 Å². The molecule has 0 radical (unpaired) electrons. The van der Waals surface area contributed by atoms with Crippen LogP contribution in [0.5, 0.6) is 0 Å². The van der Waals surface area contributed by atoms with Crippen molar-refractivity contribution in [2.45, 2.75) is 134 Å². The van der Waals surface area contributed by atoms with Gasteiger partial charge in [-0.15, -0.1) is 0 Å². The molecule has 5 rings (SSSR count). The third-order valence-corrected chi connectivity index (χ3v) is 12.4. The van der Waals surface area contributed by atoms with Gasteiger partial charge < -0.3 is 45.2 Å². The number of fused-ring (bicyclic) bond motifs is 5. The summed E-state index contributed by atoms with van der Waals surface area (Å²) in [7, 11) is 0. The maximum absolute atomic E-state index is 11.8. The highest BCUT2D eigenvalue weighted by molar-refractivity contribution is 5.27. The Labute approximate surface area is 250 Å². The molecule has 42 heavy (non-hydrogen) atoms. The minimum Gasteiger partial charge on any atom is -0.394 e. The highest BCUT2D eigenvalue weighted by atomic mass is 16.7. The molecule has 0 spiro atoms. The van der Waals surface area contributed by atoms with Gasteiger partial charge in [0.2, 0.25) is 0 Å². The predicted octanol–water partition coefficient (Wildman–Crippen LogP) is 2.05. The van der Waals surface area contributed by atoms with Crippen LogP contribution in [0, 0.1) is 40.4 Å². The second-order valence-corrected chi connectivity index (χ2v) is 14.9. The smallest absolute Gasteiger partial charge is 0.186 e. The lowest BCUT2D eigenvalue weighted by Crippen LogP contribution is -2.60. The molecule has 7 N–H and O–H groups in total. The van der Waals surface area contributed by atoms with E-state index in [4.69, 9.17) is 9.47 Å². The first-order valence-electron chi connectivity index (χ1n) is 16.1. The molecule has 5 aliphatic rings. The van der Waals surface area contributed by atoms with Gasteiger partial charge in [-0.05, 0) is 98.7 Å². The first-order chi connectivity index (χ1) is 19.7. The third kappa shape index (κ3) is 5.45. The van der Waals surface area contributed by atoms with E-state index >= 15 is 0 Å². The number of aliphatic hydroxyl groups excluding tert-OH is 7. The van der Waals surface area contributed by atoms with Gasteiger partial charge in [-0.25, -0.2) is 0 Å². The van der Waals surface area contributed by atoms with Crippen molar-refractivity contribution < 1.29 is 45.2 Å². The summed E-state index contributed by atoms with van der Waals surface area (Å²) in [6.45, 7) is 11.9. The zero-order valence-electron chi connectivity index (χ0n) is 25.7. The second-order valence-electron chi connectivity index (χ2n) is 14.9. The van der Waals surface area contributed by atoms with Crippen molar-refractivity contribution >= 4 is 0 Å². The lowest BCUT2D eigenvalue weighted by molar-refractivity contribution is -0.313. The molecule has 16 atom stereocenters. The SMILES string of the molecule is C=C(C)[C@H](O)CC[C@@H](C)[C@H]1[C@@H](O)C[C@H]2[C@@H]3CC=C4C[C@@H](O[C@@H]5O[C@H](CO)[C@@H](O)[C@H](O)[C@H]5O)CC[C@]4(C)[C@H]3[C@H](O)C[C@]12C. The van der Waals surface area contributed by atoms with Crippen LogP contribution < -0.4 is 0 Å². The van der Waals surface area contributed by atoms with Crippen LogP contribution >= 0.6 is 0 Å². The van der Waals surface area contributed by atoms with Crippen LogP contribution in [-0.4, -0.2) is 97.5 Å². The summed E-state index contributed by atoms with van der Waals surface area (Å²) < 4.78 is 11.7. The van der Waals surface area contributed by atoms with Crippen molar-refractivity contribution in [2.24, 2.45) is 40.4 Å². The van der Waals surface area contributed by atoms with Crippen molar-refractivity contribution in [1.29, 1.82) is 0 Å². The van der Waals surface area contributed by atoms with Crippen LogP contribution in [0.4, 0.5) is 0 Å². The average Bonchev–Trinajstić information content (AvgIpc) is 3.20. The predicted molar refractivity (Wildman–Crippen MR) is 156 cm³/mol. The summed E-state index contributed by atoms with van der Waals surface area (Å²) in [4.78, 5) is 0. The first kappa shape index (κ1) is 32.5. The van der Waals surface area contributed by atoms with Gasteiger partial charge in [-0.2, -0.15) is 0 Å². The van der Waals surface area contributed by atoms with Gasteiger partial charge >= 0.3 is 0 Å². The molecule has 1 saturated heterocycles. The molecule has 0 aromatic carbocycles. The summed E-state index contributed by atoms with van der Waals surface area (Å²) in [5, 5.41) is 73.9. The van der Waals surface area contributed by atoms with E-state index in [1.165, 1.54) is 5.57 Å². The third-order valence-electron chi connectivity index (χ3n) is 12.4. The molecule has 0 aromatic rings. The van der Waals surface area contributed by atoms with Crippen LogP contribution in [0.3, 0.4) is 0 Å². The van der Waals surface area contributed by atoms with Gasteiger partial charge in [0, 0.05) is 0 Å². The molecule has 3 saturated carbocycles. The van der Waals surface area contributed by atoms with Crippen molar-refractivity contribution in [3.8, 4) is 0 Å². The standard InChI is InChI=1S/C33H54O9/c1-16(2)22(35)9-6-17(3)26-23(36)13-21-20-8-7-18-12-19(41-31-30(40)29(39)28(38)25(15-34)42-31)10-11-32(18,4)27(20)24(37)14-33(21,26)5/h7,17,19-31,34-40H,1,6,8-15H2,2-5H3/t17-,19+,20+,21+,22-,23+,24-,25-,26+,27-,28-,29+,30-,31-,32+,33+/m1/s1. The van der Waals surface area contributed by atoms with Gasteiger partial charge in [0.25, 0.3) is 0 Å². The fourth-order valence-electron chi connectivity index (χ4n) is 10.2. The minimum atomic E-state index is -1.47. The monoisotopic (exact) mass is 594 g/mol. The van der Waals surface area contributed by atoms with Gasteiger partial charge in [-0.1, -0.05) is 44.6 Å². The Balaban J connectivity index is 1.30. The van der Waals surface area contributed by atoms with Crippen molar-refractivity contribution in [2.75, 3.05) is 6.61 Å². The summed E-state index contributed by atoms with van der Waals surface area (Å²) in [5.74, 6) is 0.931. The van der Waals surface area contributed by atoms with E-state index in [0.717, 1.165) is 31.3 Å². The second kappa shape index (κ2) is 12.1. The summed E-state index contributed by atoms with van der Waals surface area (Å²) in [5.41, 5.74) is 1.61. The maximum Gasteiger partial charge on any atom is 0.186 e. The molecular weight excluding hydrogens is 540 g/mol. The average molecular weight is 595 g/mol. The Morgan fingerprint density at radius 2 is 1.81 bits per heavy atom. The van der Waals surface area contributed by atoms with Crippen LogP contribution in [0.15, 0.2) is 23.8 Å². The fourth-order valence-corrected chi connectivity index (χ4v) is 10.2. The zero-order chi connectivity index (χ0) is 30.7. The molecule has 240 valence electrons. The molecule has 0 bridgehead atoms. The van der Waals surface area contributed by atoms with E-state index < -0.39 is 55.6 Å². The van der Waals surface area contributed by atoms with E-state index in [1.807, 2.05) is 6.92 Å². The Morgan fingerprint density at radius 1 is 1.10 bits per heavy atom. The largest absolute Gasteiger partial charge is 0.394 e. The lowest BCUT2D eigenvalue weighted by Gasteiger charge is -2.60. The van der Waals surface area contributed by atoms with Crippen LogP contribution in [0.2, 0.25) is 0 Å². The topological polar surface area (TPSA) is 160 Å². The van der Waals surface area contributed by atoms with E-state index in [-0.39, 0.29) is 40.6 Å². The highest BCUT2D eigenvalue weighted by Gasteiger charge is 2.64. The molecule has 0 amide bonds. The lowest BCUT2D eigenvalue weighted by atomic mass is 9.46. The quantitative estimate of drug-likeness (QED) is 0.209. The Bertz CT molecular complexity index is 1020. The first-order valence-corrected chi connectivity index (χ1v) is 16.1. The van der Waals surface area contributed by atoms with Crippen LogP contribution in [0.25, 0.3) is 0 Å². The molecule has 0 aromatic heterocycles. The summed E-state index contributed by atoms with van der Waals surface area (Å²) >= 11 is 0. The molecule has 9 heteroatoms. The van der Waals surface area contributed by atoms with Gasteiger partial charge in [0.15, 0.2) is 6.29 Å². The number of hydrogen-bond donors (Lipinski definition) is 7. The minimum absolute atomic E-state index is 0.0660. The van der Waals surface area contributed by atoms with Gasteiger partial charge in [0.05, 0.1) is 31.0 Å². The molecule has 4 fully saturated rings. The fraction of sp³-hybridized carbons (Fsp3) is 0.879. The Hall–Kier alpha value is -0.880. The Kier molecular flexibility index (Phi) is 9.40. The molecule has 1 aliphatic heterocycles. The van der Waals surface area contributed by atoms with E-state index in [1.54, 1.807) is 0 Å². The van der Waals surface area contributed by atoms with E-state index in [2.05, 4.69) is 33.4 Å². The van der Waals surface area contributed by atoms with Crippen molar-refractivity contribution in [1.82, 2.24) is 0 Å². The van der Waals surface area contributed by atoms with E-state index in [0.29, 0.717) is 31.6 Å². The van der Waals surface area contributed by atoms with Crippen molar-refractivity contribution in [3.63, 3.8) is 0 Å². The van der Waals surface area contributed by atoms with Gasteiger partial charge in [0.1, 0.15) is 24.4 Å². The molecule has 4 aliphatic carbocycles. The normalized spacial score (nSPS) is 50.2. The Morgan fingerprint density at radius 3 is 2.48 bits per heavy atom. The number of hydrogen-bond acceptors (Lipinski definition) is 9. The summed E-state index contributed by atoms with van der Waals surface area (Å²) in [6, 6.07) is 0. The van der Waals surface area contributed by atoms with E-state index in [9.17, 15) is 35.7 Å². The molecular formula is C33H54O9. The summed E-state index contributed by atoms with van der Waals surface area (Å²) in [6.07, 6.45) is -0.0982. The number of rotatable bonds is 8. The van der Waals surface area contributed by atoms with Gasteiger partial charge in [-0.3, -0.25) is 0 Å². The number of allylic oxidation sites excluding steroid dienone is 1. The van der Waals surface area contributed by atoms with Crippen LogP contribution in [-0.2, 0) is 9.47 Å². The zero-order valence-corrected chi connectivity index (χ0v) is 25.7. The number of ether oxygens (including phenoxy) is 2. The molecule has 9 nitrogen and oxygen atoms in total. The highest BCUT2D eigenvalue weighted by Crippen LogP contribution is 2.67. The molecule has 0 unspecified atom stereocenters. The number of aliphatic hydroxyl groups is 7. The maximum atomic E-state index is 11.8. The molecule has 1 heterocycles.